The van der Waals surface area contributed by atoms with Crippen molar-refractivity contribution in [3.05, 3.63) is 23.7 Å². The van der Waals surface area contributed by atoms with Crippen molar-refractivity contribution in [2.45, 2.75) is 32.7 Å². The van der Waals surface area contributed by atoms with Crippen LogP contribution in [-0.2, 0) is 17.3 Å². The molecule has 0 aromatic carbocycles. The molecule has 0 aliphatic heterocycles. The van der Waals surface area contributed by atoms with Crippen molar-refractivity contribution in [1.29, 1.82) is 0 Å². The van der Waals surface area contributed by atoms with Gasteiger partial charge in [0.15, 0.2) is 5.65 Å². The van der Waals surface area contributed by atoms with E-state index >= 15 is 0 Å². The van der Waals surface area contributed by atoms with Crippen molar-refractivity contribution >= 4 is 33.6 Å². The zero-order valence-electron chi connectivity index (χ0n) is 11.4. The van der Waals surface area contributed by atoms with Crippen LogP contribution >= 0.6 is 11.6 Å². The molecule has 2 heterocycles. The molecule has 2 aromatic heterocycles. The van der Waals surface area contributed by atoms with E-state index in [0.717, 1.165) is 22.7 Å². The number of imidazole rings is 1. The zero-order valence-corrected chi connectivity index (χ0v) is 13.0. The van der Waals surface area contributed by atoms with E-state index in [-0.39, 0.29) is 5.38 Å². The molecule has 0 saturated carbocycles. The second kappa shape index (κ2) is 6.01. The van der Waals surface area contributed by atoms with E-state index < -0.39 is 10.8 Å². The third-order valence-electron chi connectivity index (χ3n) is 2.98. The lowest BCUT2D eigenvalue weighted by Gasteiger charge is -2.09. The van der Waals surface area contributed by atoms with E-state index in [1.54, 1.807) is 0 Å². The molecule has 0 aliphatic carbocycles. The van der Waals surface area contributed by atoms with Crippen molar-refractivity contribution in [3.8, 4) is 0 Å². The molecule has 0 bridgehead atoms. The van der Waals surface area contributed by atoms with Gasteiger partial charge in [-0.1, -0.05) is 6.92 Å². The lowest BCUT2D eigenvalue weighted by Crippen LogP contribution is -2.12. The van der Waals surface area contributed by atoms with Crippen LogP contribution in [0.5, 0.6) is 0 Å². The van der Waals surface area contributed by atoms with Crippen LogP contribution in [0.15, 0.2) is 12.1 Å². The summed E-state index contributed by atoms with van der Waals surface area (Å²) >= 11 is 6.18. The molecule has 2 rings (SSSR count). The van der Waals surface area contributed by atoms with Crippen LogP contribution in [0, 0.1) is 6.92 Å². The minimum Gasteiger partial charge on any atom is -0.311 e. The summed E-state index contributed by atoms with van der Waals surface area (Å²) in [5.74, 6) is 2.07. The van der Waals surface area contributed by atoms with Gasteiger partial charge in [0.2, 0.25) is 0 Å². The molecule has 2 atom stereocenters. The highest BCUT2D eigenvalue weighted by molar-refractivity contribution is 7.84. The lowest BCUT2D eigenvalue weighted by atomic mass is 10.3. The fourth-order valence-corrected chi connectivity index (χ4v) is 2.82. The van der Waals surface area contributed by atoms with E-state index in [9.17, 15) is 4.21 Å². The van der Waals surface area contributed by atoms with Gasteiger partial charge < -0.3 is 4.57 Å². The molecule has 6 heteroatoms. The van der Waals surface area contributed by atoms with E-state index in [1.807, 2.05) is 37.5 Å². The molecule has 2 unspecified atom stereocenters. The summed E-state index contributed by atoms with van der Waals surface area (Å²) in [5, 5.41) is -0.190. The first-order chi connectivity index (χ1) is 9.02. The largest absolute Gasteiger partial charge is 0.311 e. The van der Waals surface area contributed by atoms with Crippen LogP contribution in [-0.4, -0.2) is 30.2 Å². The number of rotatable bonds is 5. The van der Waals surface area contributed by atoms with Gasteiger partial charge in [0, 0.05) is 34.5 Å². The first-order valence-corrected chi connectivity index (χ1v) is 8.28. The summed E-state index contributed by atoms with van der Waals surface area (Å²) in [6, 6.07) is 3.89. The lowest BCUT2D eigenvalue weighted by molar-refractivity contribution is 0.668. The van der Waals surface area contributed by atoms with Crippen LogP contribution in [0.25, 0.3) is 11.2 Å². The SMILES string of the molecule is CCS(=O)CCn1c(C(C)Cl)nc2ccc(C)nc21. The van der Waals surface area contributed by atoms with Gasteiger partial charge in [0.05, 0.1) is 5.38 Å². The number of nitrogens with zero attached hydrogens (tertiary/aromatic N) is 3. The molecule has 0 fully saturated rings. The predicted molar refractivity (Wildman–Crippen MR) is 80.1 cm³/mol. The third-order valence-corrected chi connectivity index (χ3v) is 4.46. The smallest absolute Gasteiger partial charge is 0.160 e. The maximum absolute atomic E-state index is 11.6. The van der Waals surface area contributed by atoms with E-state index in [1.165, 1.54) is 0 Å². The van der Waals surface area contributed by atoms with Crippen molar-refractivity contribution in [2.75, 3.05) is 11.5 Å². The number of pyridine rings is 1. The molecule has 2 aromatic rings. The molecule has 4 nitrogen and oxygen atoms in total. The molecule has 0 spiro atoms. The Labute approximate surface area is 120 Å². The normalized spacial score (nSPS) is 14.7. The Morgan fingerprint density at radius 3 is 2.79 bits per heavy atom. The molecule has 0 radical (unpaired) electrons. The van der Waals surface area contributed by atoms with Gasteiger partial charge in [-0.2, -0.15) is 0 Å². The summed E-state index contributed by atoms with van der Waals surface area (Å²) in [7, 11) is -0.801. The Morgan fingerprint density at radius 1 is 1.42 bits per heavy atom. The Balaban J connectivity index is 2.45. The number of hydrogen-bond donors (Lipinski definition) is 0. The first-order valence-electron chi connectivity index (χ1n) is 6.35. The summed E-state index contributed by atoms with van der Waals surface area (Å²) in [4.78, 5) is 9.05. The summed E-state index contributed by atoms with van der Waals surface area (Å²) in [6.45, 7) is 6.41. The quantitative estimate of drug-likeness (QED) is 0.798. The highest BCUT2D eigenvalue weighted by atomic mass is 35.5. The number of aromatic nitrogens is 3. The molecule has 19 heavy (non-hydrogen) atoms. The summed E-state index contributed by atoms with van der Waals surface area (Å²) in [5.41, 5.74) is 2.62. The van der Waals surface area contributed by atoms with Gasteiger partial charge in [-0.25, -0.2) is 9.97 Å². The van der Waals surface area contributed by atoms with Crippen LogP contribution < -0.4 is 0 Å². The van der Waals surface area contributed by atoms with Crippen LogP contribution in [0.4, 0.5) is 0 Å². The van der Waals surface area contributed by atoms with E-state index in [2.05, 4.69) is 9.97 Å². The summed E-state index contributed by atoms with van der Waals surface area (Å²) in [6.07, 6.45) is 0. The summed E-state index contributed by atoms with van der Waals surface area (Å²) < 4.78 is 13.6. The topological polar surface area (TPSA) is 47.8 Å². The standard InChI is InChI=1S/C13H18ClN3OS/c1-4-19(18)8-7-17-12(10(3)14)16-11-6-5-9(2)15-13(11)17/h5-6,10H,4,7-8H2,1-3H3. The van der Waals surface area contributed by atoms with Gasteiger partial charge >= 0.3 is 0 Å². The van der Waals surface area contributed by atoms with E-state index in [0.29, 0.717) is 18.1 Å². The number of fused-ring (bicyclic) bond motifs is 1. The van der Waals surface area contributed by atoms with Crippen molar-refractivity contribution in [2.24, 2.45) is 0 Å². The molecule has 0 N–H and O–H groups in total. The van der Waals surface area contributed by atoms with Crippen LogP contribution in [0.1, 0.15) is 30.7 Å². The van der Waals surface area contributed by atoms with Crippen LogP contribution in [0.2, 0.25) is 0 Å². The van der Waals surface area contributed by atoms with Gasteiger partial charge in [0.1, 0.15) is 11.3 Å². The van der Waals surface area contributed by atoms with Gasteiger partial charge in [-0.15, -0.1) is 11.6 Å². The number of aryl methyl sites for hydroxylation is 2. The molecule has 0 aliphatic rings. The average Bonchev–Trinajstić information content (AvgIpc) is 2.74. The van der Waals surface area contributed by atoms with Crippen LogP contribution in [0.3, 0.4) is 0 Å². The molecular formula is C13H18ClN3OS. The fourth-order valence-electron chi connectivity index (χ4n) is 1.98. The van der Waals surface area contributed by atoms with Gasteiger partial charge in [0.25, 0.3) is 0 Å². The molecule has 0 saturated heterocycles. The van der Waals surface area contributed by atoms with Crippen molar-refractivity contribution in [1.82, 2.24) is 14.5 Å². The van der Waals surface area contributed by atoms with Gasteiger partial charge in [-0.05, 0) is 26.0 Å². The highest BCUT2D eigenvalue weighted by Gasteiger charge is 2.16. The highest BCUT2D eigenvalue weighted by Crippen LogP contribution is 2.23. The minimum absolute atomic E-state index is 0.190. The van der Waals surface area contributed by atoms with E-state index in [4.69, 9.17) is 11.6 Å². The Hall–Kier alpha value is -0.940. The monoisotopic (exact) mass is 299 g/mol. The predicted octanol–water partition coefficient (Wildman–Crippen LogP) is 2.81. The number of alkyl halides is 1. The third kappa shape index (κ3) is 3.15. The second-order valence-electron chi connectivity index (χ2n) is 4.47. The Morgan fingerprint density at radius 2 is 2.16 bits per heavy atom. The van der Waals surface area contributed by atoms with Gasteiger partial charge in [-0.3, -0.25) is 4.21 Å². The maximum atomic E-state index is 11.6. The zero-order chi connectivity index (χ0) is 14.0. The first kappa shape index (κ1) is 14.5. The molecular weight excluding hydrogens is 282 g/mol. The van der Waals surface area contributed by atoms with Crippen molar-refractivity contribution in [3.63, 3.8) is 0 Å². The molecule has 104 valence electrons. The number of hydrogen-bond acceptors (Lipinski definition) is 3. The second-order valence-corrected chi connectivity index (χ2v) is 6.99. The minimum atomic E-state index is -0.801. The average molecular weight is 300 g/mol. The Kier molecular flexibility index (Phi) is 4.58. The fraction of sp³-hybridized carbons (Fsp3) is 0.538. The van der Waals surface area contributed by atoms with Crippen molar-refractivity contribution < 1.29 is 4.21 Å². The molecule has 0 amide bonds. The number of halogens is 1. The maximum Gasteiger partial charge on any atom is 0.160 e. The Bertz CT molecular complexity index is 609.